The minimum Gasteiger partial charge on any atom is -0.479 e. The first kappa shape index (κ1) is 21.3. The standard InChI is InChI=1S/C20H24O9/c1-10-8-14(21)27-13-9-11(6-7-12(10)13)28-20(5)19(4,26)18(3,25)17(2,24)15(29-20)16(22)23/h6-9,15,24-26H,1-5H3,(H,22,23)/t15?,17-,18-,19?,20-/m1/s1. The number of ether oxygens (including phenoxy) is 2. The van der Waals surface area contributed by atoms with Gasteiger partial charge in [-0.25, -0.2) is 9.59 Å². The maximum absolute atomic E-state index is 11.7. The summed E-state index contributed by atoms with van der Waals surface area (Å²) in [6.07, 6.45) is -1.90. The van der Waals surface area contributed by atoms with Gasteiger partial charge in [0.1, 0.15) is 22.5 Å². The second kappa shape index (κ2) is 6.27. The maximum atomic E-state index is 11.7. The molecule has 0 aliphatic carbocycles. The highest BCUT2D eigenvalue weighted by Crippen LogP contribution is 2.49. The number of rotatable bonds is 3. The van der Waals surface area contributed by atoms with E-state index in [2.05, 4.69) is 0 Å². The van der Waals surface area contributed by atoms with Gasteiger partial charge >= 0.3 is 11.6 Å². The highest BCUT2D eigenvalue weighted by molar-refractivity contribution is 5.81. The Hall–Kier alpha value is -2.46. The summed E-state index contributed by atoms with van der Waals surface area (Å²) >= 11 is 0. The molecule has 1 aliphatic rings. The number of aliphatic hydroxyl groups is 3. The van der Waals surface area contributed by atoms with Gasteiger partial charge in [-0.3, -0.25) is 0 Å². The Bertz CT molecular complexity index is 1030. The van der Waals surface area contributed by atoms with Crippen molar-refractivity contribution in [2.45, 2.75) is 63.3 Å². The number of hydrogen-bond donors (Lipinski definition) is 4. The van der Waals surface area contributed by atoms with Crippen molar-refractivity contribution >= 4 is 16.9 Å². The van der Waals surface area contributed by atoms with Crippen LogP contribution in [0.15, 0.2) is 33.5 Å². The number of hydrogen-bond acceptors (Lipinski definition) is 8. The van der Waals surface area contributed by atoms with Crippen LogP contribution in [-0.4, -0.2) is 55.1 Å². The van der Waals surface area contributed by atoms with Crippen LogP contribution in [0.3, 0.4) is 0 Å². The first-order valence-corrected chi connectivity index (χ1v) is 8.95. The van der Waals surface area contributed by atoms with Crippen LogP contribution < -0.4 is 10.4 Å². The van der Waals surface area contributed by atoms with Crippen molar-refractivity contribution in [1.82, 2.24) is 0 Å². The van der Waals surface area contributed by atoms with Gasteiger partial charge in [-0.15, -0.1) is 0 Å². The summed E-state index contributed by atoms with van der Waals surface area (Å²) in [5, 5.41) is 42.8. The minimum absolute atomic E-state index is 0.0931. The van der Waals surface area contributed by atoms with E-state index >= 15 is 0 Å². The summed E-state index contributed by atoms with van der Waals surface area (Å²) in [7, 11) is 0. The van der Waals surface area contributed by atoms with Crippen LogP contribution >= 0.6 is 0 Å². The summed E-state index contributed by atoms with van der Waals surface area (Å²) in [6, 6.07) is 5.89. The molecule has 9 nitrogen and oxygen atoms in total. The third kappa shape index (κ3) is 2.93. The van der Waals surface area contributed by atoms with Crippen molar-refractivity contribution < 1.29 is 39.1 Å². The van der Waals surface area contributed by atoms with Gasteiger partial charge in [-0.05, 0) is 45.4 Å². The molecular formula is C20H24O9. The maximum Gasteiger partial charge on any atom is 0.336 e. The topological polar surface area (TPSA) is 147 Å². The Morgan fingerprint density at radius 3 is 2.28 bits per heavy atom. The van der Waals surface area contributed by atoms with Crippen LogP contribution in [0.5, 0.6) is 5.75 Å². The van der Waals surface area contributed by atoms with Gasteiger partial charge in [-0.2, -0.15) is 0 Å². The molecule has 0 radical (unpaired) electrons. The van der Waals surface area contributed by atoms with E-state index in [1.165, 1.54) is 32.0 Å². The fraction of sp³-hybridized carbons (Fsp3) is 0.500. The fourth-order valence-electron chi connectivity index (χ4n) is 3.65. The lowest BCUT2D eigenvalue weighted by Crippen LogP contribution is -2.82. The first-order valence-electron chi connectivity index (χ1n) is 8.95. The zero-order valence-electron chi connectivity index (χ0n) is 16.7. The van der Waals surface area contributed by atoms with E-state index in [1.807, 2.05) is 0 Å². The predicted octanol–water partition coefficient (Wildman–Crippen LogP) is 0.933. The van der Waals surface area contributed by atoms with Crippen molar-refractivity contribution in [3.63, 3.8) is 0 Å². The molecule has 1 aromatic carbocycles. The molecule has 2 unspecified atom stereocenters. The van der Waals surface area contributed by atoms with Crippen molar-refractivity contribution in [2.75, 3.05) is 0 Å². The number of aliphatic carboxylic acids is 1. The number of carboxylic acids is 1. The van der Waals surface area contributed by atoms with Crippen molar-refractivity contribution in [3.05, 3.63) is 40.2 Å². The number of carbonyl (C=O) groups is 1. The average molecular weight is 408 g/mol. The molecule has 0 spiro atoms. The monoisotopic (exact) mass is 408 g/mol. The Kier molecular flexibility index (Phi) is 4.59. The van der Waals surface area contributed by atoms with Crippen molar-refractivity contribution in [3.8, 4) is 5.75 Å². The van der Waals surface area contributed by atoms with Crippen molar-refractivity contribution in [1.29, 1.82) is 0 Å². The van der Waals surface area contributed by atoms with Crippen LogP contribution in [0.2, 0.25) is 0 Å². The van der Waals surface area contributed by atoms with Gasteiger partial charge in [0.25, 0.3) is 0 Å². The molecule has 1 aromatic heterocycles. The zero-order chi connectivity index (χ0) is 22.0. The van der Waals surface area contributed by atoms with Gasteiger partial charge in [0.05, 0.1) is 0 Å². The lowest BCUT2D eigenvalue weighted by Gasteiger charge is -2.60. The molecule has 1 saturated heterocycles. The third-order valence-corrected chi connectivity index (χ3v) is 6.13. The van der Waals surface area contributed by atoms with E-state index in [1.54, 1.807) is 13.0 Å². The SMILES string of the molecule is Cc1cc(=O)oc2cc(O[C@]3(C)OC(C(=O)O)[C@@](C)(O)[C@@](C)(O)C3(C)O)ccc12. The van der Waals surface area contributed by atoms with E-state index in [4.69, 9.17) is 13.9 Å². The molecule has 0 bridgehead atoms. The van der Waals surface area contributed by atoms with E-state index in [0.29, 0.717) is 10.9 Å². The van der Waals surface area contributed by atoms with Crippen LogP contribution in [-0.2, 0) is 9.53 Å². The summed E-state index contributed by atoms with van der Waals surface area (Å²) in [6.45, 7) is 6.34. The Labute approximate surface area is 166 Å². The smallest absolute Gasteiger partial charge is 0.336 e. The van der Waals surface area contributed by atoms with Gasteiger partial charge in [0.2, 0.25) is 5.79 Å². The minimum atomic E-state index is -2.34. The lowest BCUT2D eigenvalue weighted by atomic mass is 9.65. The Morgan fingerprint density at radius 1 is 1.07 bits per heavy atom. The van der Waals surface area contributed by atoms with E-state index < -0.39 is 40.3 Å². The lowest BCUT2D eigenvalue weighted by molar-refractivity contribution is -0.407. The summed E-state index contributed by atoms with van der Waals surface area (Å²) < 4.78 is 16.4. The average Bonchev–Trinajstić information content (AvgIpc) is 2.57. The number of aryl methyl sites for hydroxylation is 1. The van der Waals surface area contributed by atoms with Gasteiger partial charge < -0.3 is 34.3 Å². The number of fused-ring (bicyclic) bond motifs is 1. The second-order valence-electron chi connectivity index (χ2n) is 8.08. The molecule has 1 fully saturated rings. The predicted molar refractivity (Wildman–Crippen MR) is 101 cm³/mol. The van der Waals surface area contributed by atoms with Crippen molar-refractivity contribution in [2.24, 2.45) is 0 Å². The molecule has 0 amide bonds. The van der Waals surface area contributed by atoms with Gasteiger partial charge in [0, 0.05) is 24.4 Å². The quantitative estimate of drug-likeness (QED) is 0.545. The Balaban J connectivity index is 2.10. The highest BCUT2D eigenvalue weighted by atomic mass is 16.7. The van der Waals surface area contributed by atoms with E-state index in [-0.39, 0.29) is 11.3 Å². The molecule has 4 N–H and O–H groups in total. The van der Waals surface area contributed by atoms with Crippen LogP contribution in [0.25, 0.3) is 11.0 Å². The molecule has 0 saturated carbocycles. The molecule has 9 heteroatoms. The fourth-order valence-corrected chi connectivity index (χ4v) is 3.65. The molecule has 3 rings (SSSR count). The van der Waals surface area contributed by atoms with E-state index in [0.717, 1.165) is 13.8 Å². The van der Waals surface area contributed by atoms with Crippen LogP contribution in [0.1, 0.15) is 33.3 Å². The summed E-state index contributed by atoms with van der Waals surface area (Å²) in [5.41, 5.74) is -6.56. The highest BCUT2D eigenvalue weighted by Gasteiger charge is 2.73. The van der Waals surface area contributed by atoms with Crippen LogP contribution in [0, 0.1) is 6.92 Å². The number of carboxylic acid groups (broad SMARTS) is 1. The molecule has 2 aromatic rings. The molecule has 5 atom stereocenters. The van der Waals surface area contributed by atoms with Gasteiger partial charge in [0.15, 0.2) is 11.7 Å². The first-order chi connectivity index (χ1) is 13.1. The molecule has 1 aliphatic heterocycles. The summed E-state index contributed by atoms with van der Waals surface area (Å²) in [4.78, 5) is 23.3. The largest absolute Gasteiger partial charge is 0.479 e. The normalized spacial score (nSPS) is 37.4. The molecule has 2 heterocycles. The third-order valence-electron chi connectivity index (χ3n) is 6.13. The van der Waals surface area contributed by atoms with Crippen LogP contribution in [0.4, 0.5) is 0 Å². The zero-order valence-corrected chi connectivity index (χ0v) is 16.7. The molecule has 29 heavy (non-hydrogen) atoms. The summed E-state index contributed by atoms with van der Waals surface area (Å²) in [5.74, 6) is -3.53. The molecule has 158 valence electrons. The van der Waals surface area contributed by atoms with E-state index in [9.17, 15) is 30.0 Å². The Morgan fingerprint density at radius 2 is 1.69 bits per heavy atom. The number of benzene rings is 1. The second-order valence-corrected chi connectivity index (χ2v) is 8.08. The van der Waals surface area contributed by atoms with Gasteiger partial charge in [-0.1, -0.05) is 0 Å². The molecular weight excluding hydrogens is 384 g/mol.